The predicted octanol–water partition coefficient (Wildman–Crippen LogP) is 1.39. The van der Waals surface area contributed by atoms with E-state index >= 15 is 0 Å². The van der Waals surface area contributed by atoms with Crippen molar-refractivity contribution in [2.75, 3.05) is 0 Å². The number of aromatic hydroxyl groups is 1. The van der Waals surface area contributed by atoms with Gasteiger partial charge in [-0.3, -0.25) is 9.36 Å². The van der Waals surface area contributed by atoms with Crippen molar-refractivity contribution in [2.24, 2.45) is 0 Å². The van der Waals surface area contributed by atoms with Gasteiger partial charge < -0.3 is 5.11 Å². The topological polar surface area (TPSA) is 42.2 Å². The molecule has 0 aliphatic carbocycles. The quantitative estimate of drug-likeness (QED) is 0.642. The number of carbonyl (C=O) groups is 1. The average Bonchev–Trinajstić information content (AvgIpc) is 2.40. The van der Waals surface area contributed by atoms with Gasteiger partial charge in [-0.05, 0) is 6.07 Å². The van der Waals surface area contributed by atoms with Crippen molar-refractivity contribution in [2.45, 2.75) is 0 Å². The summed E-state index contributed by atoms with van der Waals surface area (Å²) < 4.78 is 1.20. The summed E-state index contributed by atoms with van der Waals surface area (Å²) in [5, 5.41) is 10.1. The Hall–Kier alpha value is -1.77. The molecular weight excluding hydrogens is 154 g/mol. The first kappa shape index (κ1) is 6.91. The Morgan fingerprint density at radius 2 is 2.08 bits per heavy atom. The molecule has 0 bridgehead atoms. The fourth-order valence-corrected chi connectivity index (χ4v) is 1.27. The van der Waals surface area contributed by atoms with Crippen molar-refractivity contribution < 1.29 is 9.90 Å². The molecule has 1 aromatic heterocycles. The van der Waals surface area contributed by atoms with Crippen LogP contribution < -0.4 is 0 Å². The fraction of sp³-hybridized carbons (Fsp3) is 0. The summed E-state index contributed by atoms with van der Waals surface area (Å²) in [6.45, 7) is 0. The van der Waals surface area contributed by atoms with Crippen LogP contribution in [0.15, 0.2) is 30.3 Å². The third kappa shape index (κ3) is 0.797. The van der Waals surface area contributed by atoms with Gasteiger partial charge in [0.2, 0.25) is 6.41 Å². The van der Waals surface area contributed by atoms with Crippen LogP contribution in [0, 0.1) is 0 Å². The Morgan fingerprint density at radius 1 is 1.33 bits per heavy atom. The third-order valence-electron chi connectivity index (χ3n) is 1.83. The second-order valence-electron chi connectivity index (χ2n) is 2.54. The van der Waals surface area contributed by atoms with E-state index in [1.165, 1.54) is 4.57 Å². The van der Waals surface area contributed by atoms with E-state index in [0.717, 1.165) is 10.9 Å². The van der Waals surface area contributed by atoms with Crippen molar-refractivity contribution in [3.05, 3.63) is 30.3 Å². The average molecular weight is 161 g/mol. The van der Waals surface area contributed by atoms with Crippen molar-refractivity contribution in [1.82, 2.24) is 4.57 Å². The molecule has 0 atom stereocenters. The molecule has 0 saturated heterocycles. The summed E-state index contributed by atoms with van der Waals surface area (Å²) in [7, 11) is 0. The summed E-state index contributed by atoms with van der Waals surface area (Å²) in [5.74, 6) is -0.0220. The summed E-state index contributed by atoms with van der Waals surface area (Å²) in [4.78, 5) is 10.5. The Morgan fingerprint density at radius 3 is 2.83 bits per heavy atom. The molecule has 0 spiro atoms. The standard InChI is InChI=1S/C9H7NO2/c11-6-10-8-4-2-1-3-7(8)5-9(10)12/h1-6,12H. The SMILES string of the molecule is O=Cn1c(O)cc2ccccc21. The van der Waals surface area contributed by atoms with Gasteiger partial charge >= 0.3 is 0 Å². The number of fused-ring (bicyclic) bond motifs is 1. The molecular formula is C9H7NO2. The summed E-state index contributed by atoms with van der Waals surface area (Å²) in [6.07, 6.45) is 0.595. The molecule has 60 valence electrons. The van der Waals surface area contributed by atoms with Crippen LogP contribution >= 0.6 is 0 Å². The molecule has 2 aromatic rings. The third-order valence-corrected chi connectivity index (χ3v) is 1.83. The predicted molar refractivity (Wildman–Crippen MR) is 45.8 cm³/mol. The number of hydrogen-bond acceptors (Lipinski definition) is 2. The fourth-order valence-electron chi connectivity index (χ4n) is 1.27. The van der Waals surface area contributed by atoms with Gasteiger partial charge in [0.25, 0.3) is 0 Å². The highest BCUT2D eigenvalue weighted by Crippen LogP contribution is 2.22. The summed E-state index contributed by atoms with van der Waals surface area (Å²) in [6, 6.07) is 8.86. The number of aromatic nitrogens is 1. The van der Waals surface area contributed by atoms with Crippen LogP contribution in [0.5, 0.6) is 5.88 Å². The molecule has 3 nitrogen and oxygen atoms in total. The minimum Gasteiger partial charge on any atom is -0.494 e. The Labute approximate surface area is 68.9 Å². The van der Waals surface area contributed by atoms with Crippen LogP contribution in [0.1, 0.15) is 0 Å². The largest absolute Gasteiger partial charge is 0.494 e. The van der Waals surface area contributed by atoms with Gasteiger partial charge in [0.1, 0.15) is 0 Å². The van der Waals surface area contributed by atoms with Crippen molar-refractivity contribution in [3.8, 4) is 5.88 Å². The van der Waals surface area contributed by atoms with E-state index in [4.69, 9.17) is 0 Å². The first-order valence-electron chi connectivity index (χ1n) is 3.57. The molecule has 1 N–H and O–H groups in total. The monoisotopic (exact) mass is 161 g/mol. The molecule has 0 saturated carbocycles. The second-order valence-corrected chi connectivity index (χ2v) is 2.54. The number of rotatable bonds is 1. The zero-order valence-electron chi connectivity index (χ0n) is 6.27. The van der Waals surface area contributed by atoms with Crippen molar-refractivity contribution in [1.29, 1.82) is 0 Å². The maximum atomic E-state index is 10.5. The van der Waals surface area contributed by atoms with Crippen LogP contribution in [-0.4, -0.2) is 16.1 Å². The zero-order chi connectivity index (χ0) is 8.55. The van der Waals surface area contributed by atoms with Crippen molar-refractivity contribution in [3.63, 3.8) is 0 Å². The highest BCUT2D eigenvalue weighted by molar-refractivity contribution is 5.87. The van der Waals surface area contributed by atoms with Crippen molar-refractivity contribution >= 4 is 17.3 Å². The van der Waals surface area contributed by atoms with Crippen LogP contribution in [-0.2, 0) is 4.79 Å². The lowest BCUT2D eigenvalue weighted by Crippen LogP contribution is -1.91. The van der Waals surface area contributed by atoms with Crippen LogP contribution in [0.25, 0.3) is 10.9 Å². The second kappa shape index (κ2) is 2.37. The summed E-state index contributed by atoms with van der Waals surface area (Å²) in [5.41, 5.74) is 0.727. The van der Waals surface area contributed by atoms with Gasteiger partial charge in [0, 0.05) is 11.5 Å². The van der Waals surface area contributed by atoms with E-state index in [-0.39, 0.29) is 5.88 Å². The van der Waals surface area contributed by atoms with Gasteiger partial charge in [-0.15, -0.1) is 0 Å². The summed E-state index contributed by atoms with van der Waals surface area (Å²) >= 11 is 0. The first-order valence-corrected chi connectivity index (χ1v) is 3.57. The Bertz CT molecular complexity index is 431. The van der Waals surface area contributed by atoms with Crippen LogP contribution in [0.3, 0.4) is 0 Å². The molecule has 1 aromatic carbocycles. The number of hydrogen-bond donors (Lipinski definition) is 1. The minimum absolute atomic E-state index is 0.0220. The molecule has 3 heteroatoms. The lowest BCUT2D eigenvalue weighted by atomic mass is 10.2. The highest BCUT2D eigenvalue weighted by atomic mass is 16.3. The maximum Gasteiger partial charge on any atom is 0.221 e. The first-order chi connectivity index (χ1) is 5.83. The van der Waals surface area contributed by atoms with E-state index < -0.39 is 0 Å². The molecule has 0 amide bonds. The number of nitrogens with zero attached hydrogens (tertiary/aromatic N) is 1. The smallest absolute Gasteiger partial charge is 0.221 e. The van der Waals surface area contributed by atoms with Gasteiger partial charge in [-0.2, -0.15) is 0 Å². The van der Waals surface area contributed by atoms with E-state index in [1.54, 1.807) is 12.1 Å². The molecule has 0 fully saturated rings. The van der Waals surface area contributed by atoms with Gasteiger partial charge in [-0.1, -0.05) is 18.2 Å². The highest BCUT2D eigenvalue weighted by Gasteiger charge is 2.04. The van der Waals surface area contributed by atoms with Crippen LogP contribution in [0.2, 0.25) is 0 Å². The molecule has 2 rings (SSSR count). The number of para-hydroxylation sites is 1. The van der Waals surface area contributed by atoms with E-state index in [0.29, 0.717) is 6.41 Å². The molecule has 12 heavy (non-hydrogen) atoms. The maximum absolute atomic E-state index is 10.5. The van der Waals surface area contributed by atoms with E-state index in [9.17, 15) is 9.90 Å². The van der Waals surface area contributed by atoms with E-state index in [2.05, 4.69) is 0 Å². The lowest BCUT2D eigenvalue weighted by Gasteiger charge is -1.93. The minimum atomic E-state index is -0.0220. The molecule has 0 aliphatic rings. The Balaban J connectivity index is 2.90. The molecule has 0 aliphatic heterocycles. The van der Waals surface area contributed by atoms with Crippen LogP contribution in [0.4, 0.5) is 0 Å². The molecule has 0 radical (unpaired) electrons. The van der Waals surface area contributed by atoms with Gasteiger partial charge in [0.15, 0.2) is 5.88 Å². The van der Waals surface area contributed by atoms with E-state index in [1.807, 2.05) is 18.2 Å². The lowest BCUT2D eigenvalue weighted by molar-refractivity contribution is 0.442. The van der Waals surface area contributed by atoms with Gasteiger partial charge in [0.05, 0.1) is 5.52 Å². The Kier molecular flexibility index (Phi) is 1.37. The molecule has 1 heterocycles. The molecule has 0 unspecified atom stereocenters. The zero-order valence-corrected chi connectivity index (χ0v) is 6.27. The normalized spacial score (nSPS) is 10.3. The van der Waals surface area contributed by atoms with Gasteiger partial charge in [-0.25, -0.2) is 0 Å². The number of benzene rings is 1. The number of carbonyl (C=O) groups excluding carboxylic acids is 1.